The van der Waals surface area contributed by atoms with Crippen LogP contribution in [0.5, 0.6) is 5.75 Å². The van der Waals surface area contributed by atoms with Crippen molar-refractivity contribution < 1.29 is 19.1 Å². The molecular formula is C17H18N4O4. The summed E-state index contributed by atoms with van der Waals surface area (Å²) >= 11 is 0. The van der Waals surface area contributed by atoms with Crippen LogP contribution in [0.2, 0.25) is 0 Å². The molecule has 0 aliphatic carbocycles. The van der Waals surface area contributed by atoms with Crippen LogP contribution in [0, 0.1) is 6.92 Å². The number of hydrogen-bond acceptors (Lipinski definition) is 5. The number of hydrogen-bond donors (Lipinski definition) is 0. The quantitative estimate of drug-likeness (QED) is 0.588. The molecule has 0 atom stereocenters. The van der Waals surface area contributed by atoms with E-state index in [0.717, 1.165) is 15.4 Å². The lowest BCUT2D eigenvalue weighted by atomic mass is 10.2. The smallest absolute Gasteiger partial charge is 0.339 e. The Morgan fingerprint density at radius 1 is 1.08 bits per heavy atom. The third kappa shape index (κ3) is 3.10. The van der Waals surface area contributed by atoms with Crippen molar-refractivity contribution in [3.63, 3.8) is 0 Å². The molecule has 1 aliphatic rings. The summed E-state index contributed by atoms with van der Waals surface area (Å²) in [6.07, 6.45) is 3.48. The molecule has 2 aromatic rings. The number of para-hydroxylation sites is 2. The molecule has 1 saturated heterocycles. The Morgan fingerprint density at radius 2 is 1.84 bits per heavy atom. The maximum absolute atomic E-state index is 12.6. The van der Waals surface area contributed by atoms with Crippen molar-refractivity contribution in [2.24, 2.45) is 0 Å². The van der Waals surface area contributed by atoms with E-state index in [-0.39, 0.29) is 12.2 Å². The highest BCUT2D eigenvalue weighted by Gasteiger charge is 2.46. The van der Waals surface area contributed by atoms with Gasteiger partial charge in [-0.3, -0.25) is 19.2 Å². The van der Waals surface area contributed by atoms with Crippen LogP contribution in [0.15, 0.2) is 36.7 Å². The topological polar surface area (TPSA) is 84.7 Å². The van der Waals surface area contributed by atoms with E-state index in [1.54, 1.807) is 48.3 Å². The number of imide groups is 2. The van der Waals surface area contributed by atoms with Gasteiger partial charge in [-0.1, -0.05) is 12.1 Å². The van der Waals surface area contributed by atoms with Gasteiger partial charge in [-0.15, -0.1) is 0 Å². The number of anilines is 1. The Labute approximate surface area is 144 Å². The number of urea groups is 1. The zero-order valence-electron chi connectivity index (χ0n) is 14.0. The first-order valence-corrected chi connectivity index (χ1v) is 7.93. The molecule has 0 unspecified atom stereocenters. The van der Waals surface area contributed by atoms with E-state index < -0.39 is 17.8 Å². The van der Waals surface area contributed by atoms with E-state index in [1.807, 2.05) is 6.92 Å². The number of ether oxygens (including phenoxy) is 1. The van der Waals surface area contributed by atoms with Gasteiger partial charge < -0.3 is 4.74 Å². The Hall–Kier alpha value is -3.16. The third-order valence-corrected chi connectivity index (χ3v) is 3.77. The lowest BCUT2D eigenvalue weighted by Gasteiger charge is -2.18. The number of amides is 4. The molecule has 0 saturated carbocycles. The Morgan fingerprint density at radius 3 is 2.52 bits per heavy atom. The van der Waals surface area contributed by atoms with E-state index in [1.165, 1.54) is 0 Å². The summed E-state index contributed by atoms with van der Waals surface area (Å²) in [5.41, 5.74) is 1.24. The fourth-order valence-corrected chi connectivity index (χ4v) is 2.63. The highest BCUT2D eigenvalue weighted by molar-refractivity contribution is 6.53. The van der Waals surface area contributed by atoms with E-state index >= 15 is 0 Å². The van der Waals surface area contributed by atoms with Crippen molar-refractivity contribution in [1.29, 1.82) is 0 Å². The van der Waals surface area contributed by atoms with E-state index in [2.05, 4.69) is 5.10 Å². The molecule has 3 rings (SSSR count). The molecule has 0 spiro atoms. The molecule has 1 aromatic heterocycles. The Balaban J connectivity index is 1.82. The molecule has 1 aromatic carbocycles. The van der Waals surface area contributed by atoms with Crippen LogP contribution in [-0.2, 0) is 16.1 Å². The lowest BCUT2D eigenvalue weighted by Crippen LogP contribution is -2.35. The average molecular weight is 342 g/mol. The summed E-state index contributed by atoms with van der Waals surface area (Å²) in [6.45, 7) is 4.46. The molecule has 25 heavy (non-hydrogen) atoms. The summed E-state index contributed by atoms with van der Waals surface area (Å²) in [4.78, 5) is 39.0. The summed E-state index contributed by atoms with van der Waals surface area (Å²) in [5.74, 6) is -1.35. The van der Waals surface area contributed by atoms with E-state index in [0.29, 0.717) is 18.9 Å². The second-order valence-electron chi connectivity index (χ2n) is 5.56. The van der Waals surface area contributed by atoms with Gasteiger partial charge in [-0.25, -0.2) is 9.69 Å². The summed E-state index contributed by atoms with van der Waals surface area (Å²) in [5, 5.41) is 4.11. The largest absolute Gasteiger partial charge is 0.492 e. The zero-order chi connectivity index (χ0) is 18.0. The van der Waals surface area contributed by atoms with Crippen molar-refractivity contribution >= 4 is 23.5 Å². The maximum Gasteiger partial charge on any atom is 0.339 e. The van der Waals surface area contributed by atoms with Gasteiger partial charge in [0.1, 0.15) is 5.75 Å². The second-order valence-corrected chi connectivity index (χ2v) is 5.56. The number of carbonyl (C=O) groups is 3. The fourth-order valence-electron chi connectivity index (χ4n) is 2.63. The molecule has 4 amide bonds. The predicted molar refractivity (Wildman–Crippen MR) is 89.2 cm³/mol. The Kier molecular flexibility index (Phi) is 4.51. The van der Waals surface area contributed by atoms with Crippen LogP contribution < -0.4 is 9.64 Å². The van der Waals surface area contributed by atoms with Gasteiger partial charge in [0.05, 0.1) is 31.6 Å². The van der Waals surface area contributed by atoms with Gasteiger partial charge in [0.2, 0.25) is 0 Å². The number of benzene rings is 1. The molecule has 8 nitrogen and oxygen atoms in total. The minimum absolute atomic E-state index is 0.0673. The minimum Gasteiger partial charge on any atom is -0.492 e. The van der Waals surface area contributed by atoms with Gasteiger partial charge in [-0.2, -0.15) is 5.10 Å². The highest BCUT2D eigenvalue weighted by atomic mass is 16.5. The molecule has 0 N–H and O–H groups in total. The van der Waals surface area contributed by atoms with Crippen LogP contribution in [0.1, 0.15) is 12.5 Å². The van der Waals surface area contributed by atoms with Gasteiger partial charge in [0, 0.05) is 6.20 Å². The summed E-state index contributed by atoms with van der Waals surface area (Å²) in [6, 6.07) is 5.97. The van der Waals surface area contributed by atoms with Crippen LogP contribution in [0.3, 0.4) is 0 Å². The van der Waals surface area contributed by atoms with Crippen LogP contribution in [0.4, 0.5) is 10.5 Å². The molecular weight excluding hydrogens is 324 g/mol. The van der Waals surface area contributed by atoms with E-state index in [4.69, 9.17) is 4.74 Å². The molecule has 0 radical (unpaired) electrons. The van der Waals surface area contributed by atoms with Crippen molar-refractivity contribution in [2.75, 3.05) is 18.1 Å². The van der Waals surface area contributed by atoms with Gasteiger partial charge >= 0.3 is 17.8 Å². The number of carbonyl (C=O) groups excluding carboxylic acids is 3. The standard InChI is InChI=1S/C17H18N4O4/c1-3-25-14-7-5-4-6-13(14)21-16(23)15(22)20(17(21)24)9-8-19-11-12(2)10-18-19/h4-7,10-11H,3,8-9H2,1-2H3. The van der Waals surface area contributed by atoms with Crippen molar-refractivity contribution in [1.82, 2.24) is 14.7 Å². The molecule has 8 heteroatoms. The lowest BCUT2D eigenvalue weighted by molar-refractivity contribution is -0.139. The van der Waals surface area contributed by atoms with Gasteiger partial charge in [0.25, 0.3) is 0 Å². The molecule has 0 bridgehead atoms. The van der Waals surface area contributed by atoms with E-state index in [9.17, 15) is 14.4 Å². The molecule has 130 valence electrons. The monoisotopic (exact) mass is 342 g/mol. The van der Waals surface area contributed by atoms with Crippen LogP contribution in [0.25, 0.3) is 0 Å². The third-order valence-electron chi connectivity index (χ3n) is 3.77. The SMILES string of the molecule is CCOc1ccccc1N1C(=O)C(=O)N(CCn2cc(C)cn2)C1=O. The number of rotatable bonds is 6. The van der Waals surface area contributed by atoms with Gasteiger partial charge in [-0.05, 0) is 31.5 Å². The minimum atomic E-state index is -0.881. The first-order chi connectivity index (χ1) is 12.0. The molecule has 2 heterocycles. The normalized spacial score (nSPS) is 14.6. The fraction of sp³-hybridized carbons (Fsp3) is 0.294. The van der Waals surface area contributed by atoms with Crippen LogP contribution >= 0.6 is 0 Å². The van der Waals surface area contributed by atoms with Gasteiger partial charge in [0.15, 0.2) is 0 Å². The number of aryl methyl sites for hydroxylation is 1. The molecule has 1 aliphatic heterocycles. The summed E-state index contributed by atoms with van der Waals surface area (Å²) < 4.78 is 7.08. The first kappa shape index (κ1) is 16.7. The first-order valence-electron chi connectivity index (χ1n) is 7.93. The maximum atomic E-state index is 12.6. The average Bonchev–Trinajstić information content (AvgIpc) is 3.10. The number of aromatic nitrogens is 2. The Bertz CT molecular complexity index is 830. The second kappa shape index (κ2) is 6.76. The highest BCUT2D eigenvalue weighted by Crippen LogP contribution is 2.31. The zero-order valence-corrected chi connectivity index (χ0v) is 14.0. The predicted octanol–water partition coefficient (Wildman–Crippen LogP) is 1.59. The summed E-state index contributed by atoms with van der Waals surface area (Å²) in [7, 11) is 0. The van der Waals surface area contributed by atoms with Crippen molar-refractivity contribution in [3.05, 3.63) is 42.2 Å². The number of nitrogens with zero attached hydrogens (tertiary/aromatic N) is 4. The van der Waals surface area contributed by atoms with Crippen LogP contribution in [-0.4, -0.2) is 45.7 Å². The van der Waals surface area contributed by atoms with Crippen molar-refractivity contribution in [2.45, 2.75) is 20.4 Å². The van der Waals surface area contributed by atoms with Crippen molar-refractivity contribution in [3.8, 4) is 5.75 Å². The molecule has 1 fully saturated rings.